The Morgan fingerprint density at radius 1 is 0.933 bits per heavy atom. The molecule has 0 aliphatic heterocycles. The molecular formula is C22H21FN2O4S. The molecule has 0 fully saturated rings. The van der Waals surface area contributed by atoms with Crippen LogP contribution in [0.1, 0.15) is 21.7 Å². The van der Waals surface area contributed by atoms with Gasteiger partial charge in [0.1, 0.15) is 17.3 Å². The van der Waals surface area contributed by atoms with Crippen molar-refractivity contribution in [1.82, 2.24) is 10.9 Å². The summed E-state index contributed by atoms with van der Waals surface area (Å²) in [5.74, 6) is 0.244. The van der Waals surface area contributed by atoms with Gasteiger partial charge in [-0.25, -0.2) is 4.39 Å². The standard InChI is InChI=1S/C22H21FN2O4S/c1-28-17-11-14(12-18(13-17)29-2)3-10-21(26)24-25-22(27)20-9-8-19(30-20)15-4-6-16(23)7-5-15/h4-9,11-13H,3,10H2,1-2H3,(H,24,26)(H,25,27). The molecule has 0 bridgehead atoms. The molecule has 2 N–H and O–H groups in total. The van der Waals surface area contributed by atoms with Crippen LogP contribution in [0.5, 0.6) is 11.5 Å². The first-order chi connectivity index (χ1) is 14.5. The number of methoxy groups -OCH3 is 2. The minimum absolute atomic E-state index is 0.182. The van der Waals surface area contributed by atoms with Gasteiger partial charge in [0.25, 0.3) is 5.91 Å². The second-order valence-corrected chi connectivity index (χ2v) is 7.48. The van der Waals surface area contributed by atoms with Gasteiger partial charge >= 0.3 is 0 Å². The van der Waals surface area contributed by atoms with Crippen LogP contribution in [0.3, 0.4) is 0 Å². The summed E-state index contributed by atoms with van der Waals surface area (Å²) in [5.41, 5.74) is 6.54. The van der Waals surface area contributed by atoms with Gasteiger partial charge in [0.05, 0.1) is 19.1 Å². The van der Waals surface area contributed by atoms with E-state index in [0.717, 1.165) is 16.0 Å². The van der Waals surface area contributed by atoms with Crippen molar-refractivity contribution in [2.45, 2.75) is 12.8 Å². The van der Waals surface area contributed by atoms with Gasteiger partial charge in [-0.2, -0.15) is 0 Å². The van der Waals surface area contributed by atoms with Crippen LogP contribution in [0.25, 0.3) is 10.4 Å². The summed E-state index contributed by atoms with van der Waals surface area (Å²) in [4.78, 5) is 25.6. The van der Waals surface area contributed by atoms with E-state index in [4.69, 9.17) is 9.47 Å². The Bertz CT molecular complexity index is 1010. The Morgan fingerprint density at radius 3 is 2.23 bits per heavy atom. The molecule has 0 unspecified atom stereocenters. The minimum atomic E-state index is -0.412. The van der Waals surface area contributed by atoms with E-state index in [1.54, 1.807) is 44.6 Å². The van der Waals surface area contributed by atoms with Crippen LogP contribution in [0, 0.1) is 5.82 Å². The van der Waals surface area contributed by atoms with Crippen molar-refractivity contribution in [3.63, 3.8) is 0 Å². The zero-order valence-electron chi connectivity index (χ0n) is 16.5. The average molecular weight is 428 g/mol. The summed E-state index contributed by atoms with van der Waals surface area (Å²) in [6, 6.07) is 14.9. The van der Waals surface area contributed by atoms with E-state index in [0.29, 0.717) is 22.8 Å². The Morgan fingerprint density at radius 2 is 1.60 bits per heavy atom. The van der Waals surface area contributed by atoms with Gasteiger partial charge in [-0.3, -0.25) is 20.4 Å². The second kappa shape index (κ2) is 9.89. The molecule has 3 aromatic rings. The Labute approximate surface area is 177 Å². The molecule has 8 heteroatoms. The predicted octanol–water partition coefficient (Wildman–Crippen LogP) is 3.97. The number of thiophene rings is 1. The highest BCUT2D eigenvalue weighted by molar-refractivity contribution is 7.17. The lowest BCUT2D eigenvalue weighted by Gasteiger charge is -2.09. The summed E-state index contributed by atoms with van der Waals surface area (Å²) < 4.78 is 23.5. The van der Waals surface area contributed by atoms with Crippen molar-refractivity contribution in [2.75, 3.05) is 14.2 Å². The molecule has 30 heavy (non-hydrogen) atoms. The average Bonchev–Trinajstić information content (AvgIpc) is 3.26. The Hall–Kier alpha value is -3.39. The van der Waals surface area contributed by atoms with E-state index in [-0.39, 0.29) is 18.1 Å². The maximum absolute atomic E-state index is 13.0. The lowest BCUT2D eigenvalue weighted by Crippen LogP contribution is -2.41. The van der Waals surface area contributed by atoms with E-state index < -0.39 is 5.91 Å². The molecule has 1 heterocycles. The highest BCUT2D eigenvalue weighted by atomic mass is 32.1. The monoisotopic (exact) mass is 428 g/mol. The maximum Gasteiger partial charge on any atom is 0.279 e. The van der Waals surface area contributed by atoms with Crippen molar-refractivity contribution < 1.29 is 23.5 Å². The molecule has 0 saturated heterocycles. The molecule has 0 aliphatic rings. The van der Waals surface area contributed by atoms with Crippen molar-refractivity contribution in [3.8, 4) is 21.9 Å². The van der Waals surface area contributed by atoms with Crippen molar-refractivity contribution in [1.29, 1.82) is 0 Å². The molecule has 2 amide bonds. The van der Waals surface area contributed by atoms with Crippen molar-refractivity contribution in [3.05, 3.63) is 70.9 Å². The second-order valence-electron chi connectivity index (χ2n) is 6.39. The molecule has 3 rings (SSSR count). The molecular weight excluding hydrogens is 407 g/mol. The molecule has 0 atom stereocenters. The lowest BCUT2D eigenvalue weighted by molar-refractivity contribution is -0.121. The van der Waals surface area contributed by atoms with Crippen LogP contribution < -0.4 is 20.3 Å². The zero-order chi connectivity index (χ0) is 21.5. The van der Waals surface area contributed by atoms with Crippen LogP contribution in [0.15, 0.2) is 54.6 Å². The number of ether oxygens (including phenoxy) is 2. The third-order valence-corrected chi connectivity index (χ3v) is 5.46. The first kappa shape index (κ1) is 21.3. The highest BCUT2D eigenvalue weighted by Crippen LogP contribution is 2.28. The van der Waals surface area contributed by atoms with Gasteiger partial charge in [-0.1, -0.05) is 12.1 Å². The van der Waals surface area contributed by atoms with E-state index in [9.17, 15) is 14.0 Å². The van der Waals surface area contributed by atoms with Gasteiger partial charge in [-0.15, -0.1) is 11.3 Å². The number of hydrogen-bond acceptors (Lipinski definition) is 5. The predicted molar refractivity (Wildman–Crippen MR) is 113 cm³/mol. The lowest BCUT2D eigenvalue weighted by atomic mass is 10.1. The van der Waals surface area contributed by atoms with E-state index in [1.165, 1.54) is 23.5 Å². The van der Waals surface area contributed by atoms with E-state index in [2.05, 4.69) is 10.9 Å². The van der Waals surface area contributed by atoms with Gasteiger partial charge in [0, 0.05) is 17.4 Å². The molecule has 0 saturated carbocycles. The molecule has 0 aliphatic carbocycles. The smallest absolute Gasteiger partial charge is 0.279 e. The fourth-order valence-corrected chi connectivity index (χ4v) is 3.66. The third-order valence-electron chi connectivity index (χ3n) is 4.33. The van der Waals surface area contributed by atoms with E-state index in [1.807, 2.05) is 12.1 Å². The largest absolute Gasteiger partial charge is 0.497 e. The number of benzene rings is 2. The van der Waals surface area contributed by atoms with Crippen LogP contribution in [0.4, 0.5) is 4.39 Å². The van der Waals surface area contributed by atoms with Crippen LogP contribution in [-0.2, 0) is 11.2 Å². The number of halogens is 1. The van der Waals surface area contributed by atoms with Gasteiger partial charge < -0.3 is 9.47 Å². The van der Waals surface area contributed by atoms with Crippen LogP contribution >= 0.6 is 11.3 Å². The molecule has 0 radical (unpaired) electrons. The summed E-state index contributed by atoms with van der Waals surface area (Å²) in [6.45, 7) is 0. The summed E-state index contributed by atoms with van der Waals surface area (Å²) in [7, 11) is 3.12. The molecule has 1 aromatic heterocycles. The maximum atomic E-state index is 13.0. The Kier molecular flexibility index (Phi) is 7.03. The fraction of sp³-hybridized carbons (Fsp3) is 0.182. The van der Waals surface area contributed by atoms with Gasteiger partial charge in [0.15, 0.2) is 0 Å². The summed E-state index contributed by atoms with van der Waals surface area (Å²) >= 11 is 1.26. The first-order valence-corrected chi connectivity index (χ1v) is 9.97. The number of hydrogen-bond donors (Lipinski definition) is 2. The number of aryl methyl sites for hydroxylation is 1. The third kappa shape index (κ3) is 5.57. The molecule has 6 nitrogen and oxygen atoms in total. The van der Waals surface area contributed by atoms with Crippen LogP contribution in [0.2, 0.25) is 0 Å². The Balaban J connectivity index is 1.51. The first-order valence-electron chi connectivity index (χ1n) is 9.15. The number of carbonyl (C=O) groups excluding carboxylic acids is 2. The normalized spacial score (nSPS) is 10.4. The fourth-order valence-electron chi connectivity index (χ4n) is 2.75. The molecule has 156 valence electrons. The van der Waals surface area contributed by atoms with Crippen molar-refractivity contribution in [2.24, 2.45) is 0 Å². The number of rotatable bonds is 7. The summed E-state index contributed by atoms with van der Waals surface area (Å²) in [6.07, 6.45) is 0.644. The number of nitrogens with one attached hydrogen (secondary N) is 2. The highest BCUT2D eigenvalue weighted by Gasteiger charge is 2.12. The van der Waals surface area contributed by atoms with Crippen LogP contribution in [-0.4, -0.2) is 26.0 Å². The zero-order valence-corrected chi connectivity index (χ0v) is 17.3. The molecule has 0 spiro atoms. The van der Waals surface area contributed by atoms with Gasteiger partial charge in [-0.05, 0) is 53.9 Å². The number of amides is 2. The minimum Gasteiger partial charge on any atom is -0.497 e. The number of carbonyl (C=O) groups is 2. The molecule has 2 aromatic carbocycles. The van der Waals surface area contributed by atoms with E-state index >= 15 is 0 Å². The number of hydrazine groups is 1. The summed E-state index contributed by atoms with van der Waals surface area (Å²) in [5, 5.41) is 0. The van der Waals surface area contributed by atoms with Gasteiger partial charge in [0.2, 0.25) is 5.91 Å². The van der Waals surface area contributed by atoms with Crippen molar-refractivity contribution >= 4 is 23.2 Å². The SMILES string of the molecule is COc1cc(CCC(=O)NNC(=O)c2ccc(-c3ccc(F)cc3)s2)cc(OC)c1. The quantitative estimate of drug-likeness (QED) is 0.559. The topological polar surface area (TPSA) is 76.7 Å².